The van der Waals surface area contributed by atoms with Gasteiger partial charge in [-0.1, -0.05) is 13.8 Å². The molecule has 1 N–H and O–H groups in total. The predicted molar refractivity (Wildman–Crippen MR) is 70.6 cm³/mol. The summed E-state index contributed by atoms with van der Waals surface area (Å²) in [5.41, 5.74) is 0. The summed E-state index contributed by atoms with van der Waals surface area (Å²) in [7, 11) is -2.85. The molecule has 3 nitrogen and oxygen atoms in total. The highest BCUT2D eigenvalue weighted by atomic mass is 32.2. The number of sulfone groups is 1. The van der Waals surface area contributed by atoms with Crippen LogP contribution in [0.4, 0.5) is 0 Å². The highest BCUT2D eigenvalue weighted by Crippen LogP contribution is 2.36. The zero-order chi connectivity index (χ0) is 13.1. The van der Waals surface area contributed by atoms with Crippen molar-refractivity contribution in [3.05, 3.63) is 0 Å². The Balaban J connectivity index is 2.40. The third kappa shape index (κ3) is 5.38. The molecule has 0 bridgehead atoms. The Morgan fingerprint density at radius 2 is 1.94 bits per heavy atom. The largest absolute Gasteiger partial charge is 0.393 e. The molecule has 0 radical (unpaired) electrons. The number of hydrogen-bond donors (Lipinski definition) is 1. The average molecular weight is 262 g/mol. The molecule has 4 heteroatoms. The fourth-order valence-corrected chi connectivity index (χ4v) is 3.50. The van der Waals surface area contributed by atoms with Crippen LogP contribution in [-0.2, 0) is 9.84 Å². The van der Waals surface area contributed by atoms with E-state index in [9.17, 15) is 13.5 Å². The van der Waals surface area contributed by atoms with Gasteiger partial charge in [0.15, 0.2) is 0 Å². The minimum Gasteiger partial charge on any atom is -0.393 e. The van der Waals surface area contributed by atoms with Gasteiger partial charge in [-0.25, -0.2) is 8.42 Å². The summed E-state index contributed by atoms with van der Waals surface area (Å²) in [6.07, 6.45) is 5.64. The molecule has 102 valence electrons. The zero-order valence-corrected chi connectivity index (χ0v) is 12.0. The molecule has 3 unspecified atom stereocenters. The molecule has 1 rings (SSSR count). The predicted octanol–water partition coefficient (Wildman–Crippen LogP) is 2.24. The van der Waals surface area contributed by atoms with Crippen LogP contribution in [-0.4, -0.2) is 31.6 Å². The summed E-state index contributed by atoms with van der Waals surface area (Å²) in [5.74, 6) is 1.92. The first-order chi connectivity index (χ1) is 7.79. The van der Waals surface area contributed by atoms with Crippen LogP contribution in [0.25, 0.3) is 0 Å². The zero-order valence-electron chi connectivity index (χ0n) is 11.2. The van der Waals surface area contributed by atoms with Crippen LogP contribution >= 0.6 is 0 Å². The van der Waals surface area contributed by atoms with Crippen molar-refractivity contribution in [3.8, 4) is 0 Å². The number of aliphatic hydroxyl groups is 1. The Hall–Kier alpha value is -0.0900. The van der Waals surface area contributed by atoms with Crippen molar-refractivity contribution in [2.45, 2.75) is 52.1 Å². The van der Waals surface area contributed by atoms with Gasteiger partial charge in [-0.05, 0) is 49.9 Å². The molecule has 0 heterocycles. The summed E-state index contributed by atoms with van der Waals surface area (Å²) in [6.45, 7) is 4.46. The summed E-state index contributed by atoms with van der Waals surface area (Å²) in [6, 6.07) is 0. The molecule has 1 aliphatic carbocycles. The minimum atomic E-state index is -2.85. The van der Waals surface area contributed by atoms with E-state index >= 15 is 0 Å². The molecule has 0 aromatic carbocycles. The lowest BCUT2D eigenvalue weighted by Gasteiger charge is -2.35. The van der Waals surface area contributed by atoms with E-state index in [2.05, 4.69) is 13.8 Å². The van der Waals surface area contributed by atoms with E-state index in [1.807, 2.05) is 0 Å². The van der Waals surface area contributed by atoms with Crippen LogP contribution in [0.5, 0.6) is 0 Å². The molecule has 1 aliphatic rings. The van der Waals surface area contributed by atoms with Crippen molar-refractivity contribution in [2.75, 3.05) is 12.0 Å². The highest BCUT2D eigenvalue weighted by molar-refractivity contribution is 7.90. The van der Waals surface area contributed by atoms with Gasteiger partial charge in [-0.15, -0.1) is 0 Å². The topological polar surface area (TPSA) is 54.4 Å². The highest BCUT2D eigenvalue weighted by Gasteiger charge is 2.30. The molecule has 0 spiro atoms. The van der Waals surface area contributed by atoms with Crippen molar-refractivity contribution in [3.63, 3.8) is 0 Å². The first-order valence-electron chi connectivity index (χ1n) is 6.65. The second-order valence-corrected chi connectivity index (χ2v) is 8.18. The fourth-order valence-electron chi connectivity index (χ4n) is 2.81. The Kier molecular flexibility index (Phi) is 5.45. The van der Waals surface area contributed by atoms with Crippen molar-refractivity contribution >= 4 is 9.84 Å². The lowest BCUT2D eigenvalue weighted by atomic mass is 9.73. The Morgan fingerprint density at radius 3 is 2.47 bits per heavy atom. The molecule has 0 aliphatic heterocycles. The van der Waals surface area contributed by atoms with Crippen LogP contribution in [0.3, 0.4) is 0 Å². The average Bonchev–Trinajstić information content (AvgIpc) is 2.18. The maximum Gasteiger partial charge on any atom is 0.147 e. The monoisotopic (exact) mass is 262 g/mol. The Morgan fingerprint density at radius 1 is 1.29 bits per heavy atom. The minimum absolute atomic E-state index is 0.218. The van der Waals surface area contributed by atoms with Gasteiger partial charge < -0.3 is 5.11 Å². The molecular formula is C13H26O3S. The van der Waals surface area contributed by atoms with Gasteiger partial charge in [0.25, 0.3) is 0 Å². The molecule has 0 aromatic rings. The molecule has 3 atom stereocenters. The molecule has 0 aromatic heterocycles. The van der Waals surface area contributed by atoms with Gasteiger partial charge in [-0.3, -0.25) is 0 Å². The van der Waals surface area contributed by atoms with E-state index in [-0.39, 0.29) is 11.9 Å². The quantitative estimate of drug-likeness (QED) is 0.826. The third-order valence-electron chi connectivity index (χ3n) is 4.02. The van der Waals surface area contributed by atoms with Crippen molar-refractivity contribution in [1.82, 2.24) is 0 Å². The molecule has 1 saturated carbocycles. The molecule has 17 heavy (non-hydrogen) atoms. The summed E-state index contributed by atoms with van der Waals surface area (Å²) < 4.78 is 22.1. The van der Waals surface area contributed by atoms with Gasteiger partial charge in [0.1, 0.15) is 9.84 Å². The van der Waals surface area contributed by atoms with Gasteiger partial charge in [-0.2, -0.15) is 0 Å². The molecule has 0 amide bonds. The Labute approximate surface area is 106 Å². The molecule has 0 saturated heterocycles. The Bertz CT molecular complexity index is 322. The van der Waals surface area contributed by atoms with Gasteiger partial charge in [0.2, 0.25) is 0 Å². The number of hydrogen-bond acceptors (Lipinski definition) is 3. The van der Waals surface area contributed by atoms with Crippen molar-refractivity contribution < 1.29 is 13.5 Å². The maximum absolute atomic E-state index is 11.1. The van der Waals surface area contributed by atoms with Crippen LogP contribution in [0.2, 0.25) is 0 Å². The van der Waals surface area contributed by atoms with Gasteiger partial charge in [0.05, 0.1) is 6.10 Å². The van der Waals surface area contributed by atoms with E-state index in [0.717, 1.165) is 25.7 Å². The maximum atomic E-state index is 11.1. The first-order valence-corrected chi connectivity index (χ1v) is 8.71. The van der Waals surface area contributed by atoms with Crippen LogP contribution in [0, 0.1) is 17.8 Å². The second-order valence-electron chi connectivity index (χ2n) is 5.92. The summed E-state index contributed by atoms with van der Waals surface area (Å²) in [4.78, 5) is 0. The second kappa shape index (κ2) is 6.19. The third-order valence-corrected chi connectivity index (χ3v) is 5.05. The van der Waals surface area contributed by atoms with E-state index < -0.39 is 9.84 Å². The number of aliphatic hydroxyl groups excluding tert-OH is 1. The fraction of sp³-hybridized carbons (Fsp3) is 1.00. The number of rotatable bonds is 5. The van der Waals surface area contributed by atoms with Crippen LogP contribution < -0.4 is 0 Å². The normalized spacial score (nSPS) is 30.8. The van der Waals surface area contributed by atoms with Crippen molar-refractivity contribution in [2.24, 2.45) is 17.8 Å². The SMILES string of the molecule is CC(C)C1CCC(O)C(CCCS(C)(=O)=O)C1. The molecule has 1 fully saturated rings. The standard InChI is InChI=1S/C13H26O3S/c1-10(2)11-6-7-13(14)12(9-11)5-4-8-17(3,15)16/h10-14H,4-9H2,1-3H3. The summed E-state index contributed by atoms with van der Waals surface area (Å²) in [5, 5.41) is 9.95. The lowest BCUT2D eigenvalue weighted by Crippen LogP contribution is -2.31. The first kappa shape index (κ1) is 15.0. The van der Waals surface area contributed by atoms with E-state index in [1.165, 1.54) is 6.26 Å². The van der Waals surface area contributed by atoms with E-state index in [4.69, 9.17) is 0 Å². The van der Waals surface area contributed by atoms with Gasteiger partial charge >= 0.3 is 0 Å². The lowest BCUT2D eigenvalue weighted by molar-refractivity contribution is 0.0334. The van der Waals surface area contributed by atoms with Crippen LogP contribution in [0.15, 0.2) is 0 Å². The molecular weight excluding hydrogens is 236 g/mol. The van der Waals surface area contributed by atoms with E-state index in [1.54, 1.807) is 0 Å². The van der Waals surface area contributed by atoms with Crippen LogP contribution in [0.1, 0.15) is 46.0 Å². The van der Waals surface area contributed by atoms with E-state index in [0.29, 0.717) is 24.2 Å². The van der Waals surface area contributed by atoms with Gasteiger partial charge in [0, 0.05) is 12.0 Å². The summed E-state index contributed by atoms with van der Waals surface area (Å²) >= 11 is 0. The smallest absolute Gasteiger partial charge is 0.147 e. The van der Waals surface area contributed by atoms with Crippen molar-refractivity contribution in [1.29, 1.82) is 0 Å².